The third kappa shape index (κ3) is 3.10. The first-order chi connectivity index (χ1) is 12.1. The minimum atomic E-state index is -0.00483. The lowest BCUT2D eigenvalue weighted by molar-refractivity contribution is 0.245. The smallest absolute Gasteiger partial charge is 0.258 e. The number of hydrogen-bond acceptors (Lipinski definition) is 3. The maximum atomic E-state index is 12.4. The molecule has 128 valence electrons. The van der Waals surface area contributed by atoms with Crippen molar-refractivity contribution >= 4 is 5.65 Å². The average molecular weight is 333 g/mol. The van der Waals surface area contributed by atoms with E-state index in [-0.39, 0.29) is 5.56 Å². The Hall–Kier alpha value is -2.46. The lowest BCUT2D eigenvalue weighted by Crippen LogP contribution is -2.25. The van der Waals surface area contributed by atoms with Gasteiger partial charge in [0.2, 0.25) is 0 Å². The molecule has 1 aliphatic heterocycles. The van der Waals surface area contributed by atoms with E-state index in [2.05, 4.69) is 36.1 Å². The number of aromatic nitrogens is 2. The van der Waals surface area contributed by atoms with Crippen LogP contribution < -0.4 is 5.56 Å². The standard InChI is InChI=1S/C21H23N3O/c1-15-7-9-17(10-8-15)19-6-4-11-23(19)14-18-13-20(25)24-12-3-5-16(2)21(24)22-18/h3,5,7-10,12-13,19H,4,6,11,14H2,1-2H3/t19-/m0/s1. The molecule has 1 aliphatic rings. The summed E-state index contributed by atoms with van der Waals surface area (Å²) in [5.74, 6) is 0. The van der Waals surface area contributed by atoms with Crippen molar-refractivity contribution in [2.24, 2.45) is 0 Å². The molecule has 0 radical (unpaired) electrons. The van der Waals surface area contributed by atoms with Crippen molar-refractivity contribution in [2.75, 3.05) is 6.54 Å². The van der Waals surface area contributed by atoms with E-state index in [4.69, 9.17) is 4.98 Å². The number of hydrogen-bond donors (Lipinski definition) is 0. The quantitative estimate of drug-likeness (QED) is 0.734. The van der Waals surface area contributed by atoms with Gasteiger partial charge in [-0.2, -0.15) is 0 Å². The van der Waals surface area contributed by atoms with Crippen LogP contribution in [0.5, 0.6) is 0 Å². The zero-order valence-corrected chi connectivity index (χ0v) is 14.8. The molecular formula is C21H23N3O. The first-order valence-electron chi connectivity index (χ1n) is 8.90. The Morgan fingerprint density at radius 2 is 1.96 bits per heavy atom. The van der Waals surface area contributed by atoms with Gasteiger partial charge in [0, 0.05) is 24.8 Å². The molecule has 25 heavy (non-hydrogen) atoms. The van der Waals surface area contributed by atoms with Crippen molar-refractivity contribution < 1.29 is 0 Å². The van der Waals surface area contributed by atoms with E-state index >= 15 is 0 Å². The number of benzene rings is 1. The van der Waals surface area contributed by atoms with Crippen molar-refractivity contribution in [3.63, 3.8) is 0 Å². The van der Waals surface area contributed by atoms with Gasteiger partial charge in [0.15, 0.2) is 0 Å². The molecule has 0 spiro atoms. The molecule has 2 aromatic heterocycles. The van der Waals surface area contributed by atoms with Crippen LogP contribution in [0.25, 0.3) is 5.65 Å². The summed E-state index contributed by atoms with van der Waals surface area (Å²) in [4.78, 5) is 19.6. The van der Waals surface area contributed by atoms with E-state index in [0.29, 0.717) is 6.04 Å². The van der Waals surface area contributed by atoms with E-state index in [0.717, 1.165) is 36.4 Å². The monoisotopic (exact) mass is 333 g/mol. The Labute approximate surface area is 147 Å². The topological polar surface area (TPSA) is 37.6 Å². The number of likely N-dealkylation sites (tertiary alicyclic amines) is 1. The van der Waals surface area contributed by atoms with Crippen molar-refractivity contribution in [3.05, 3.63) is 81.4 Å². The van der Waals surface area contributed by atoms with Gasteiger partial charge in [-0.25, -0.2) is 4.98 Å². The molecule has 1 aromatic carbocycles. The largest absolute Gasteiger partial charge is 0.291 e. The highest BCUT2D eigenvalue weighted by Crippen LogP contribution is 2.32. The second-order valence-corrected chi connectivity index (χ2v) is 7.01. The molecule has 4 nitrogen and oxygen atoms in total. The highest BCUT2D eigenvalue weighted by Gasteiger charge is 2.26. The van der Waals surface area contributed by atoms with Gasteiger partial charge in [0.05, 0.1) is 5.69 Å². The Morgan fingerprint density at radius 3 is 2.76 bits per heavy atom. The average Bonchev–Trinajstić information content (AvgIpc) is 3.05. The van der Waals surface area contributed by atoms with Gasteiger partial charge < -0.3 is 0 Å². The zero-order valence-electron chi connectivity index (χ0n) is 14.8. The second kappa shape index (κ2) is 6.45. The number of aryl methyl sites for hydroxylation is 2. The summed E-state index contributed by atoms with van der Waals surface area (Å²) >= 11 is 0. The summed E-state index contributed by atoms with van der Waals surface area (Å²) < 4.78 is 1.63. The zero-order chi connectivity index (χ0) is 17.4. The van der Waals surface area contributed by atoms with Crippen LogP contribution in [0.15, 0.2) is 53.5 Å². The van der Waals surface area contributed by atoms with E-state index in [9.17, 15) is 4.79 Å². The molecule has 0 saturated carbocycles. The van der Waals surface area contributed by atoms with E-state index in [1.165, 1.54) is 17.5 Å². The normalized spacial score (nSPS) is 18.1. The Bertz CT molecular complexity index is 959. The van der Waals surface area contributed by atoms with Crippen LogP contribution >= 0.6 is 0 Å². The highest BCUT2D eigenvalue weighted by atomic mass is 16.1. The lowest BCUT2D eigenvalue weighted by atomic mass is 10.0. The number of nitrogens with zero attached hydrogens (tertiary/aromatic N) is 3. The molecule has 1 fully saturated rings. The van der Waals surface area contributed by atoms with Gasteiger partial charge in [-0.05, 0) is 50.4 Å². The molecule has 0 aliphatic carbocycles. The lowest BCUT2D eigenvalue weighted by Gasteiger charge is -2.24. The van der Waals surface area contributed by atoms with Gasteiger partial charge in [0.25, 0.3) is 5.56 Å². The van der Waals surface area contributed by atoms with Gasteiger partial charge >= 0.3 is 0 Å². The Kier molecular flexibility index (Phi) is 4.14. The van der Waals surface area contributed by atoms with Gasteiger partial charge in [-0.3, -0.25) is 14.1 Å². The Morgan fingerprint density at radius 1 is 1.16 bits per heavy atom. The number of rotatable bonds is 3. The molecule has 3 aromatic rings. The van der Waals surface area contributed by atoms with Crippen molar-refractivity contribution in [3.8, 4) is 0 Å². The molecular weight excluding hydrogens is 310 g/mol. The number of fused-ring (bicyclic) bond motifs is 1. The minimum Gasteiger partial charge on any atom is -0.291 e. The fraction of sp³-hybridized carbons (Fsp3) is 0.333. The molecule has 0 bridgehead atoms. The molecule has 1 saturated heterocycles. The molecule has 0 amide bonds. The summed E-state index contributed by atoms with van der Waals surface area (Å²) in [5.41, 5.74) is 5.28. The molecule has 0 N–H and O–H groups in total. The second-order valence-electron chi connectivity index (χ2n) is 7.01. The molecule has 3 heterocycles. The van der Waals surface area contributed by atoms with Crippen molar-refractivity contribution in [1.82, 2.24) is 14.3 Å². The minimum absolute atomic E-state index is 0.00483. The molecule has 4 heteroatoms. The molecule has 4 rings (SSSR count). The fourth-order valence-electron chi connectivity index (χ4n) is 3.78. The molecule has 0 unspecified atom stereocenters. The summed E-state index contributed by atoms with van der Waals surface area (Å²) in [5, 5.41) is 0. The van der Waals surface area contributed by atoms with Crippen molar-refractivity contribution in [1.29, 1.82) is 0 Å². The first kappa shape index (κ1) is 16.0. The van der Waals surface area contributed by atoms with Crippen LogP contribution in [0.3, 0.4) is 0 Å². The third-order valence-corrected chi connectivity index (χ3v) is 5.13. The van der Waals surface area contributed by atoms with E-state index in [1.54, 1.807) is 16.7 Å². The van der Waals surface area contributed by atoms with Crippen LogP contribution in [0, 0.1) is 13.8 Å². The summed E-state index contributed by atoms with van der Waals surface area (Å²) in [6, 6.07) is 14.8. The summed E-state index contributed by atoms with van der Waals surface area (Å²) in [6.45, 7) is 5.88. The summed E-state index contributed by atoms with van der Waals surface area (Å²) in [6.07, 6.45) is 4.13. The maximum Gasteiger partial charge on any atom is 0.258 e. The third-order valence-electron chi connectivity index (χ3n) is 5.13. The predicted octanol–water partition coefficient (Wildman–Crippen LogP) is 3.65. The van der Waals surface area contributed by atoms with E-state index in [1.807, 2.05) is 19.1 Å². The van der Waals surface area contributed by atoms with Gasteiger partial charge in [0.1, 0.15) is 5.65 Å². The Balaban J connectivity index is 1.65. The van der Waals surface area contributed by atoms with Crippen LogP contribution in [0.1, 0.15) is 41.3 Å². The number of pyridine rings is 1. The predicted molar refractivity (Wildman–Crippen MR) is 99.8 cm³/mol. The highest BCUT2D eigenvalue weighted by molar-refractivity contribution is 5.46. The fourth-order valence-corrected chi connectivity index (χ4v) is 3.78. The van der Waals surface area contributed by atoms with Gasteiger partial charge in [-0.15, -0.1) is 0 Å². The SMILES string of the molecule is Cc1ccc([C@@H]2CCCN2Cc2cc(=O)n3cccc(C)c3n2)cc1. The van der Waals surface area contributed by atoms with Crippen LogP contribution in [-0.2, 0) is 6.54 Å². The first-order valence-corrected chi connectivity index (χ1v) is 8.90. The van der Waals surface area contributed by atoms with Crippen molar-refractivity contribution in [2.45, 2.75) is 39.3 Å². The van der Waals surface area contributed by atoms with Crippen LogP contribution in [0.2, 0.25) is 0 Å². The van der Waals surface area contributed by atoms with Crippen LogP contribution in [-0.4, -0.2) is 20.8 Å². The van der Waals surface area contributed by atoms with Gasteiger partial charge in [-0.1, -0.05) is 35.9 Å². The maximum absolute atomic E-state index is 12.4. The van der Waals surface area contributed by atoms with Crippen LogP contribution in [0.4, 0.5) is 0 Å². The van der Waals surface area contributed by atoms with E-state index < -0.39 is 0 Å². The summed E-state index contributed by atoms with van der Waals surface area (Å²) in [7, 11) is 0. The molecule has 1 atom stereocenters.